The molecule has 0 unspecified atom stereocenters. The molecule has 0 N–H and O–H groups in total. The predicted molar refractivity (Wildman–Crippen MR) is 140 cm³/mol. The van der Waals surface area contributed by atoms with Crippen molar-refractivity contribution in [2.24, 2.45) is 0 Å². The Kier molecular flexibility index (Phi) is 16.6. The van der Waals surface area contributed by atoms with Gasteiger partial charge in [0.1, 0.15) is 12.4 Å². The molecule has 1 aromatic rings. The molecule has 0 aliphatic carbocycles. The van der Waals surface area contributed by atoms with Gasteiger partial charge in [-0.2, -0.15) is 0 Å². The Morgan fingerprint density at radius 1 is 0.806 bits per heavy atom. The van der Waals surface area contributed by atoms with E-state index >= 15 is 0 Å². The van der Waals surface area contributed by atoms with E-state index in [0.717, 1.165) is 25.6 Å². The summed E-state index contributed by atoms with van der Waals surface area (Å²) in [7, 11) is 2.09. The molecule has 0 radical (unpaired) electrons. The Balaban J connectivity index is 0.00000480. The van der Waals surface area contributed by atoms with Crippen LogP contribution in [0, 0.1) is 0 Å². The van der Waals surface area contributed by atoms with Gasteiger partial charge in [-0.1, -0.05) is 96.1 Å². The molecule has 31 heavy (non-hydrogen) atoms. The third-order valence-corrected chi connectivity index (χ3v) is 6.05. The van der Waals surface area contributed by atoms with Crippen molar-refractivity contribution in [2.75, 3.05) is 26.9 Å². The number of rotatable bonds is 18. The molecule has 3 nitrogen and oxygen atoms in total. The van der Waals surface area contributed by atoms with E-state index in [9.17, 15) is 0 Å². The fraction of sp³-hybridized carbons (Fsp3) is 0.704. The molecule has 2 rings (SSSR count). The lowest BCUT2D eigenvalue weighted by molar-refractivity contribution is 0.230. The number of hydrogen-bond acceptors (Lipinski definition) is 3. The Morgan fingerprint density at radius 2 is 1.42 bits per heavy atom. The van der Waals surface area contributed by atoms with Gasteiger partial charge in [0.25, 0.3) is 0 Å². The predicted octanol–water partition coefficient (Wildman–Crippen LogP) is 7.95. The van der Waals surface area contributed by atoms with Gasteiger partial charge < -0.3 is 14.5 Å². The van der Waals surface area contributed by atoms with Gasteiger partial charge in [0, 0.05) is 19.4 Å². The second-order valence-electron chi connectivity index (χ2n) is 9.00. The van der Waals surface area contributed by atoms with E-state index in [4.69, 9.17) is 4.74 Å². The first-order chi connectivity index (χ1) is 14.8. The lowest BCUT2D eigenvalue weighted by Gasteiger charge is -2.18. The largest absolute Gasteiger partial charge is 0.492 e. The Morgan fingerprint density at radius 3 is 2.00 bits per heavy atom. The zero-order chi connectivity index (χ0) is 21.3. The van der Waals surface area contributed by atoms with Gasteiger partial charge in [0.2, 0.25) is 0 Å². The molecular weight excluding hydrogens is 448 g/mol. The molecule has 0 fully saturated rings. The monoisotopic (exact) mass is 494 g/mol. The minimum Gasteiger partial charge on any atom is -0.492 e. The van der Waals surface area contributed by atoms with Crippen molar-refractivity contribution < 1.29 is 4.74 Å². The molecule has 4 heteroatoms. The molecule has 1 heterocycles. The zero-order valence-electron chi connectivity index (χ0n) is 20.2. The highest BCUT2D eigenvalue weighted by atomic mass is 79.9. The van der Waals surface area contributed by atoms with Crippen LogP contribution in [0.5, 0.6) is 5.75 Å². The third-order valence-electron chi connectivity index (χ3n) is 6.05. The van der Waals surface area contributed by atoms with Crippen LogP contribution in [0.3, 0.4) is 0 Å². The van der Waals surface area contributed by atoms with Crippen LogP contribution < -0.4 is 4.74 Å². The first-order valence-electron chi connectivity index (χ1n) is 12.6. The van der Waals surface area contributed by atoms with E-state index < -0.39 is 0 Å². The summed E-state index contributed by atoms with van der Waals surface area (Å²) in [6.07, 6.45) is 23.8. The first-order valence-corrected chi connectivity index (χ1v) is 12.6. The highest BCUT2D eigenvalue weighted by Gasteiger charge is 2.07. The highest BCUT2D eigenvalue weighted by molar-refractivity contribution is 8.93. The molecule has 1 aliphatic rings. The molecule has 0 saturated heterocycles. The van der Waals surface area contributed by atoms with Crippen LogP contribution in [0.15, 0.2) is 36.7 Å². The summed E-state index contributed by atoms with van der Waals surface area (Å²) in [5.41, 5.74) is 1.41. The van der Waals surface area contributed by atoms with Crippen LogP contribution in [0.4, 0.5) is 0 Å². The molecule has 1 aromatic carbocycles. The van der Waals surface area contributed by atoms with Crippen molar-refractivity contribution in [3.63, 3.8) is 0 Å². The van der Waals surface area contributed by atoms with Crippen molar-refractivity contribution in [1.29, 1.82) is 0 Å². The average molecular weight is 496 g/mol. The number of halogens is 1. The van der Waals surface area contributed by atoms with Gasteiger partial charge >= 0.3 is 0 Å². The minimum absolute atomic E-state index is 0. The maximum atomic E-state index is 5.97. The van der Waals surface area contributed by atoms with Crippen LogP contribution in [-0.4, -0.2) is 36.7 Å². The van der Waals surface area contributed by atoms with Crippen molar-refractivity contribution in [2.45, 2.75) is 96.8 Å². The van der Waals surface area contributed by atoms with E-state index in [0.29, 0.717) is 0 Å². The summed E-state index contributed by atoms with van der Waals surface area (Å²) in [4.78, 5) is 4.45. The summed E-state index contributed by atoms with van der Waals surface area (Å²) in [6, 6.07) is 8.69. The zero-order valence-corrected chi connectivity index (χ0v) is 21.9. The Hall–Kier alpha value is -1.16. The van der Waals surface area contributed by atoms with E-state index in [-0.39, 0.29) is 17.0 Å². The third kappa shape index (κ3) is 13.8. The normalized spacial score (nSPS) is 13.0. The first kappa shape index (κ1) is 27.9. The average Bonchev–Trinajstić information content (AvgIpc) is 3.17. The van der Waals surface area contributed by atoms with Crippen molar-refractivity contribution >= 4 is 17.0 Å². The Labute approximate surface area is 203 Å². The van der Waals surface area contributed by atoms with E-state index in [1.807, 2.05) is 0 Å². The molecule has 0 aromatic heterocycles. The van der Waals surface area contributed by atoms with Crippen LogP contribution in [0.1, 0.15) is 96.0 Å². The standard InChI is InChI=1S/C27H46N2O.BrH/c1-3-4-5-6-7-8-9-10-11-12-13-14-15-17-26-18-16-19-27(24-26)30-23-22-29-21-20-28(2)25-29;/h16,18-21,24H,3-15,17,22-23,25H2,1-2H3;1H. The van der Waals surface area contributed by atoms with Crippen molar-refractivity contribution in [3.8, 4) is 5.75 Å². The van der Waals surface area contributed by atoms with Crippen molar-refractivity contribution in [1.82, 2.24) is 9.80 Å². The smallest absolute Gasteiger partial charge is 0.119 e. The number of unbranched alkanes of at least 4 members (excludes halogenated alkanes) is 12. The fourth-order valence-electron chi connectivity index (χ4n) is 4.15. The van der Waals surface area contributed by atoms with E-state index in [1.165, 1.54) is 95.5 Å². The molecule has 0 saturated carbocycles. The Bertz CT molecular complexity index is 578. The maximum Gasteiger partial charge on any atom is 0.119 e. The fourth-order valence-corrected chi connectivity index (χ4v) is 4.15. The van der Waals surface area contributed by atoms with Gasteiger partial charge in [-0.3, -0.25) is 0 Å². The lowest BCUT2D eigenvalue weighted by atomic mass is 10.0. The second-order valence-corrected chi connectivity index (χ2v) is 9.00. The molecule has 0 spiro atoms. The molecule has 0 amide bonds. The molecular formula is C27H47BrN2O. The summed E-state index contributed by atoms with van der Waals surface area (Å²) in [6.45, 7) is 4.92. The van der Waals surface area contributed by atoms with Gasteiger partial charge in [0.05, 0.1) is 13.2 Å². The van der Waals surface area contributed by atoms with Crippen LogP contribution in [-0.2, 0) is 6.42 Å². The number of hydrogen-bond donors (Lipinski definition) is 0. The molecule has 0 bridgehead atoms. The number of nitrogens with zero attached hydrogens (tertiary/aromatic N) is 2. The highest BCUT2D eigenvalue weighted by Crippen LogP contribution is 2.17. The number of ether oxygens (including phenoxy) is 1. The number of benzene rings is 1. The van der Waals surface area contributed by atoms with Crippen LogP contribution in [0.2, 0.25) is 0 Å². The molecule has 1 aliphatic heterocycles. The summed E-state index contributed by atoms with van der Waals surface area (Å²) < 4.78 is 5.97. The van der Waals surface area contributed by atoms with Gasteiger partial charge in [-0.25, -0.2) is 0 Å². The lowest BCUT2D eigenvalue weighted by Crippen LogP contribution is -2.26. The summed E-state index contributed by atoms with van der Waals surface area (Å²) >= 11 is 0. The van der Waals surface area contributed by atoms with E-state index in [1.54, 1.807) is 0 Å². The van der Waals surface area contributed by atoms with Gasteiger partial charge in [-0.05, 0) is 30.5 Å². The minimum atomic E-state index is 0. The molecule has 178 valence electrons. The topological polar surface area (TPSA) is 15.7 Å². The second kappa shape index (κ2) is 18.4. The van der Waals surface area contributed by atoms with Crippen molar-refractivity contribution in [3.05, 3.63) is 42.2 Å². The summed E-state index contributed by atoms with van der Waals surface area (Å²) in [5, 5.41) is 0. The van der Waals surface area contributed by atoms with Crippen LogP contribution >= 0.6 is 17.0 Å². The van der Waals surface area contributed by atoms with E-state index in [2.05, 4.69) is 60.4 Å². The number of aryl methyl sites for hydroxylation is 1. The maximum absolute atomic E-state index is 5.97. The van der Waals surface area contributed by atoms with Gasteiger partial charge in [0.15, 0.2) is 0 Å². The molecule has 0 atom stereocenters. The van der Waals surface area contributed by atoms with Crippen LogP contribution in [0.25, 0.3) is 0 Å². The quantitative estimate of drug-likeness (QED) is 0.192. The summed E-state index contributed by atoms with van der Waals surface area (Å²) in [5.74, 6) is 1.01. The SMILES string of the molecule is Br.CCCCCCCCCCCCCCCc1cccc(OCCN2C=CN(C)C2)c1. The van der Waals surface area contributed by atoms with Gasteiger partial charge in [-0.15, -0.1) is 17.0 Å².